The lowest BCUT2D eigenvalue weighted by Gasteiger charge is -2.18. The van der Waals surface area contributed by atoms with Gasteiger partial charge in [-0.1, -0.05) is 29.8 Å². The first-order valence-corrected chi connectivity index (χ1v) is 8.28. The van der Waals surface area contributed by atoms with Gasteiger partial charge in [0.15, 0.2) is 0 Å². The zero-order valence-electron chi connectivity index (χ0n) is 13.2. The van der Waals surface area contributed by atoms with E-state index in [1.165, 1.54) is 24.1 Å². The Morgan fingerprint density at radius 1 is 1.13 bits per heavy atom. The Kier molecular flexibility index (Phi) is 4.69. The number of rotatable bonds is 3. The molecule has 0 N–H and O–H groups in total. The second kappa shape index (κ2) is 6.89. The molecule has 0 unspecified atom stereocenters. The number of nitrogens with zero attached hydrogens (tertiary/aromatic N) is 2. The fourth-order valence-corrected chi connectivity index (χ4v) is 3.08. The largest absolute Gasteiger partial charge is 0.372 e. The molecule has 3 rings (SSSR count). The summed E-state index contributed by atoms with van der Waals surface area (Å²) >= 11 is 5.92. The van der Waals surface area contributed by atoms with Crippen LogP contribution in [-0.4, -0.2) is 13.1 Å². The Morgan fingerprint density at radius 3 is 2.43 bits per heavy atom. The van der Waals surface area contributed by atoms with Crippen LogP contribution in [0.2, 0.25) is 5.02 Å². The number of hydrogen-bond acceptors (Lipinski definition) is 2. The number of allylic oxidation sites excluding steroid dienone is 1. The Bertz CT molecular complexity index is 763. The van der Waals surface area contributed by atoms with E-state index in [4.69, 9.17) is 11.6 Å². The Balaban J connectivity index is 1.91. The van der Waals surface area contributed by atoms with E-state index in [0.29, 0.717) is 10.6 Å². The molecule has 0 spiro atoms. The highest BCUT2D eigenvalue weighted by atomic mass is 35.5. The van der Waals surface area contributed by atoms with Crippen LogP contribution in [0.3, 0.4) is 0 Å². The second-order valence-electron chi connectivity index (χ2n) is 5.91. The van der Waals surface area contributed by atoms with Gasteiger partial charge in [0, 0.05) is 23.8 Å². The lowest BCUT2D eigenvalue weighted by molar-refractivity contribution is 0.949. The normalized spacial score (nSPS) is 14.8. The number of anilines is 1. The Hall–Kier alpha value is -2.24. The van der Waals surface area contributed by atoms with Gasteiger partial charge < -0.3 is 4.90 Å². The molecule has 1 aliphatic heterocycles. The number of halogens is 1. The van der Waals surface area contributed by atoms with Crippen LogP contribution in [0.4, 0.5) is 5.69 Å². The molecule has 1 saturated heterocycles. The third-order valence-corrected chi connectivity index (χ3v) is 4.55. The van der Waals surface area contributed by atoms with Crippen molar-refractivity contribution in [3.05, 3.63) is 64.2 Å². The molecular formula is C20H19ClN2. The molecule has 0 amide bonds. The van der Waals surface area contributed by atoms with E-state index in [1.807, 2.05) is 30.3 Å². The van der Waals surface area contributed by atoms with Crippen molar-refractivity contribution in [3.8, 4) is 6.07 Å². The predicted octanol–water partition coefficient (Wildman–Crippen LogP) is 5.31. The molecule has 0 aromatic heterocycles. The SMILES string of the molecule is Cc1cc(N2CCCC2)ccc1C=C(C#N)c1ccc(Cl)cc1. The van der Waals surface area contributed by atoms with Gasteiger partial charge in [-0.25, -0.2) is 0 Å². The molecule has 0 saturated carbocycles. The van der Waals surface area contributed by atoms with E-state index in [1.54, 1.807) is 0 Å². The minimum absolute atomic E-state index is 0.652. The molecular weight excluding hydrogens is 304 g/mol. The number of nitriles is 1. The smallest absolute Gasteiger partial charge is 0.0998 e. The first-order valence-electron chi connectivity index (χ1n) is 7.91. The minimum atomic E-state index is 0.652. The molecule has 0 aliphatic carbocycles. The fraction of sp³-hybridized carbons (Fsp3) is 0.250. The highest BCUT2D eigenvalue weighted by Crippen LogP contribution is 2.26. The van der Waals surface area contributed by atoms with Crippen LogP contribution in [0.15, 0.2) is 42.5 Å². The summed E-state index contributed by atoms with van der Waals surface area (Å²) in [7, 11) is 0. The van der Waals surface area contributed by atoms with Gasteiger partial charge in [0.2, 0.25) is 0 Å². The van der Waals surface area contributed by atoms with Crippen molar-refractivity contribution in [3.63, 3.8) is 0 Å². The molecule has 2 aromatic rings. The lowest BCUT2D eigenvalue weighted by atomic mass is 10.0. The average molecular weight is 323 g/mol. The summed E-state index contributed by atoms with van der Waals surface area (Å²) in [5, 5.41) is 10.1. The van der Waals surface area contributed by atoms with E-state index in [2.05, 4.69) is 36.1 Å². The highest BCUT2D eigenvalue weighted by molar-refractivity contribution is 6.30. The Labute approximate surface area is 142 Å². The summed E-state index contributed by atoms with van der Waals surface area (Å²) in [4.78, 5) is 2.42. The topological polar surface area (TPSA) is 27.0 Å². The van der Waals surface area contributed by atoms with Crippen LogP contribution >= 0.6 is 11.6 Å². The highest BCUT2D eigenvalue weighted by Gasteiger charge is 2.13. The molecule has 1 aliphatic rings. The van der Waals surface area contributed by atoms with E-state index < -0.39 is 0 Å². The lowest BCUT2D eigenvalue weighted by Crippen LogP contribution is -2.17. The van der Waals surface area contributed by atoms with Gasteiger partial charge in [0.1, 0.15) is 0 Å². The van der Waals surface area contributed by atoms with Crippen LogP contribution < -0.4 is 4.90 Å². The third-order valence-electron chi connectivity index (χ3n) is 4.30. The quantitative estimate of drug-likeness (QED) is 0.565. The number of benzene rings is 2. The van der Waals surface area contributed by atoms with Crippen LogP contribution in [0.5, 0.6) is 0 Å². The predicted molar refractivity (Wildman–Crippen MR) is 97.6 cm³/mol. The molecule has 0 radical (unpaired) electrons. The van der Waals surface area contributed by atoms with Gasteiger partial charge in [-0.2, -0.15) is 5.26 Å². The summed E-state index contributed by atoms with van der Waals surface area (Å²) in [5.41, 5.74) is 5.09. The van der Waals surface area contributed by atoms with Gasteiger partial charge in [-0.3, -0.25) is 0 Å². The summed E-state index contributed by atoms with van der Waals surface area (Å²) in [6, 6.07) is 16.2. The fourth-order valence-electron chi connectivity index (χ4n) is 2.96. The molecule has 116 valence electrons. The first-order chi connectivity index (χ1) is 11.2. The number of aryl methyl sites for hydroxylation is 1. The van der Waals surface area contributed by atoms with Crippen molar-refractivity contribution in [2.75, 3.05) is 18.0 Å². The van der Waals surface area contributed by atoms with Crippen LogP contribution in [0.25, 0.3) is 11.6 Å². The first kappa shape index (κ1) is 15.6. The van der Waals surface area contributed by atoms with Gasteiger partial charge >= 0.3 is 0 Å². The maximum absolute atomic E-state index is 9.47. The molecule has 0 atom stereocenters. The van der Waals surface area contributed by atoms with Crippen LogP contribution in [0, 0.1) is 18.3 Å². The Morgan fingerprint density at radius 2 is 1.83 bits per heavy atom. The van der Waals surface area contributed by atoms with Crippen LogP contribution in [-0.2, 0) is 0 Å². The van der Waals surface area contributed by atoms with Crippen molar-refractivity contribution in [2.24, 2.45) is 0 Å². The molecule has 0 bridgehead atoms. The summed E-state index contributed by atoms with van der Waals surface area (Å²) in [6.07, 6.45) is 4.50. The molecule has 1 heterocycles. The van der Waals surface area contributed by atoms with E-state index >= 15 is 0 Å². The monoisotopic (exact) mass is 322 g/mol. The summed E-state index contributed by atoms with van der Waals surface area (Å²) < 4.78 is 0. The third kappa shape index (κ3) is 3.57. The van der Waals surface area contributed by atoms with E-state index in [0.717, 1.165) is 24.2 Å². The zero-order chi connectivity index (χ0) is 16.2. The molecule has 2 nitrogen and oxygen atoms in total. The molecule has 1 fully saturated rings. The number of hydrogen-bond donors (Lipinski definition) is 0. The zero-order valence-corrected chi connectivity index (χ0v) is 14.0. The minimum Gasteiger partial charge on any atom is -0.372 e. The summed E-state index contributed by atoms with van der Waals surface area (Å²) in [5.74, 6) is 0. The standard InChI is InChI=1S/C20H19ClN2/c1-15-12-20(23-10-2-3-11-23)9-6-17(15)13-18(14-22)16-4-7-19(21)8-5-16/h4-9,12-13H,2-3,10-11H2,1H3. The van der Waals surface area contributed by atoms with Gasteiger partial charge in [0.25, 0.3) is 0 Å². The van der Waals surface area contributed by atoms with E-state index in [-0.39, 0.29) is 0 Å². The van der Waals surface area contributed by atoms with Crippen molar-refractivity contribution < 1.29 is 0 Å². The van der Waals surface area contributed by atoms with Gasteiger partial charge in [-0.15, -0.1) is 0 Å². The van der Waals surface area contributed by atoms with E-state index in [9.17, 15) is 5.26 Å². The van der Waals surface area contributed by atoms with Gasteiger partial charge in [0.05, 0.1) is 11.6 Å². The molecule has 3 heteroatoms. The van der Waals surface area contributed by atoms with Crippen molar-refractivity contribution in [1.82, 2.24) is 0 Å². The average Bonchev–Trinajstić information content (AvgIpc) is 3.09. The maximum Gasteiger partial charge on any atom is 0.0998 e. The molecule has 2 aromatic carbocycles. The van der Waals surface area contributed by atoms with Gasteiger partial charge in [-0.05, 0) is 66.8 Å². The molecule has 23 heavy (non-hydrogen) atoms. The summed E-state index contributed by atoms with van der Waals surface area (Å²) in [6.45, 7) is 4.38. The van der Waals surface area contributed by atoms with Crippen LogP contribution in [0.1, 0.15) is 29.5 Å². The van der Waals surface area contributed by atoms with Crippen molar-refractivity contribution in [2.45, 2.75) is 19.8 Å². The van der Waals surface area contributed by atoms with Crippen molar-refractivity contribution >= 4 is 28.9 Å². The van der Waals surface area contributed by atoms with Crippen molar-refractivity contribution in [1.29, 1.82) is 5.26 Å². The second-order valence-corrected chi connectivity index (χ2v) is 6.35. The maximum atomic E-state index is 9.47.